The molecule has 0 aliphatic carbocycles. The number of nitrogens with zero attached hydrogens (tertiary/aromatic N) is 2. The molecule has 3 aromatic rings. The maximum absolute atomic E-state index is 12.6. The average Bonchev–Trinajstić information content (AvgIpc) is 3.17. The third kappa shape index (κ3) is 4.46. The summed E-state index contributed by atoms with van der Waals surface area (Å²) in [4.78, 5) is 22.3. The van der Waals surface area contributed by atoms with Crippen LogP contribution in [0, 0.1) is 0 Å². The number of carbonyl (C=O) groups is 1. The maximum Gasteiger partial charge on any atom is 0.222 e. The molecule has 146 valence electrons. The topological polar surface area (TPSA) is 49.0 Å². The number of piperidine rings is 1. The Morgan fingerprint density at radius 3 is 2.71 bits per heavy atom. The standard InChI is InChI=1S/C23H26BrN3O/c24-19-9-7-17(8-10-19)4-1-2-6-22(28)27-14-11-18(12-15-27)21-16-26-23-20(21)5-3-13-25-23/h3,5,7-10,13,16,18H,1-2,4,6,11-12,14-15H2,(H,25,26). The van der Waals surface area contributed by atoms with Crippen molar-refractivity contribution in [3.05, 3.63) is 64.4 Å². The Morgan fingerprint density at radius 2 is 1.93 bits per heavy atom. The van der Waals surface area contributed by atoms with Gasteiger partial charge in [-0.2, -0.15) is 0 Å². The van der Waals surface area contributed by atoms with E-state index < -0.39 is 0 Å². The quantitative estimate of drug-likeness (QED) is 0.519. The maximum atomic E-state index is 12.6. The van der Waals surface area contributed by atoms with E-state index >= 15 is 0 Å². The Morgan fingerprint density at radius 1 is 1.14 bits per heavy atom. The van der Waals surface area contributed by atoms with Crippen LogP contribution in [0.5, 0.6) is 0 Å². The molecule has 0 saturated carbocycles. The Bertz CT molecular complexity index is 926. The van der Waals surface area contributed by atoms with E-state index in [1.165, 1.54) is 16.5 Å². The van der Waals surface area contributed by atoms with Gasteiger partial charge in [-0.3, -0.25) is 4.79 Å². The molecule has 3 heterocycles. The second kappa shape index (κ2) is 8.91. The number of pyridine rings is 1. The molecular weight excluding hydrogens is 414 g/mol. The number of benzene rings is 1. The van der Waals surface area contributed by atoms with Crippen LogP contribution in [0.4, 0.5) is 0 Å². The zero-order chi connectivity index (χ0) is 19.3. The van der Waals surface area contributed by atoms with E-state index in [4.69, 9.17) is 0 Å². The largest absolute Gasteiger partial charge is 0.346 e. The van der Waals surface area contributed by atoms with Gasteiger partial charge in [-0.15, -0.1) is 0 Å². The summed E-state index contributed by atoms with van der Waals surface area (Å²) in [6.45, 7) is 1.73. The third-order valence-electron chi connectivity index (χ3n) is 5.79. The first-order valence-corrected chi connectivity index (χ1v) is 10.9. The fourth-order valence-electron chi connectivity index (χ4n) is 4.17. The van der Waals surface area contributed by atoms with Gasteiger partial charge in [0.2, 0.25) is 5.91 Å². The number of nitrogens with one attached hydrogen (secondary N) is 1. The molecule has 1 N–H and O–H groups in total. The minimum absolute atomic E-state index is 0.315. The molecule has 0 radical (unpaired) electrons. The summed E-state index contributed by atoms with van der Waals surface area (Å²) in [5.41, 5.74) is 3.65. The van der Waals surface area contributed by atoms with Gasteiger partial charge in [-0.25, -0.2) is 4.98 Å². The van der Waals surface area contributed by atoms with Crippen LogP contribution in [0.25, 0.3) is 11.0 Å². The lowest BCUT2D eigenvalue weighted by Gasteiger charge is -2.32. The first-order chi connectivity index (χ1) is 13.7. The molecule has 4 rings (SSSR count). The van der Waals surface area contributed by atoms with Crippen LogP contribution < -0.4 is 0 Å². The van der Waals surface area contributed by atoms with Gasteiger partial charge in [0, 0.05) is 41.8 Å². The van der Waals surface area contributed by atoms with Crippen molar-refractivity contribution in [1.82, 2.24) is 14.9 Å². The lowest BCUT2D eigenvalue weighted by atomic mass is 9.89. The summed E-state index contributed by atoms with van der Waals surface area (Å²) in [6.07, 6.45) is 9.71. The van der Waals surface area contributed by atoms with Crippen molar-refractivity contribution in [3.8, 4) is 0 Å². The minimum Gasteiger partial charge on any atom is -0.346 e. The second-order valence-corrected chi connectivity index (χ2v) is 8.55. The molecule has 0 atom stereocenters. The smallest absolute Gasteiger partial charge is 0.222 e. The number of hydrogen-bond acceptors (Lipinski definition) is 2. The van der Waals surface area contributed by atoms with Crippen molar-refractivity contribution < 1.29 is 4.79 Å². The summed E-state index contributed by atoms with van der Waals surface area (Å²) < 4.78 is 1.11. The second-order valence-electron chi connectivity index (χ2n) is 7.63. The van der Waals surface area contributed by atoms with Crippen molar-refractivity contribution in [2.24, 2.45) is 0 Å². The van der Waals surface area contributed by atoms with Crippen molar-refractivity contribution in [3.63, 3.8) is 0 Å². The molecule has 1 fully saturated rings. The summed E-state index contributed by atoms with van der Waals surface area (Å²) in [7, 11) is 0. The lowest BCUT2D eigenvalue weighted by molar-refractivity contribution is -0.132. The molecular formula is C23H26BrN3O. The molecule has 0 bridgehead atoms. The molecule has 1 aliphatic heterocycles. The number of carbonyl (C=O) groups excluding carboxylic acids is 1. The van der Waals surface area contributed by atoms with E-state index in [9.17, 15) is 4.79 Å². The van der Waals surface area contributed by atoms with Gasteiger partial charge in [-0.1, -0.05) is 28.1 Å². The fraction of sp³-hybridized carbons (Fsp3) is 0.391. The molecule has 1 saturated heterocycles. The zero-order valence-electron chi connectivity index (χ0n) is 16.0. The minimum atomic E-state index is 0.315. The highest BCUT2D eigenvalue weighted by Crippen LogP contribution is 2.32. The number of amides is 1. The van der Waals surface area contributed by atoms with Crippen molar-refractivity contribution >= 4 is 32.9 Å². The monoisotopic (exact) mass is 439 g/mol. The van der Waals surface area contributed by atoms with Crippen LogP contribution in [0.1, 0.15) is 49.1 Å². The van der Waals surface area contributed by atoms with Gasteiger partial charge in [0.15, 0.2) is 0 Å². The molecule has 1 aromatic carbocycles. The lowest BCUT2D eigenvalue weighted by Crippen LogP contribution is -2.37. The number of rotatable bonds is 6. The summed E-state index contributed by atoms with van der Waals surface area (Å²) >= 11 is 3.46. The average molecular weight is 440 g/mol. The fourth-order valence-corrected chi connectivity index (χ4v) is 4.43. The highest BCUT2D eigenvalue weighted by Gasteiger charge is 2.25. The van der Waals surface area contributed by atoms with Crippen molar-refractivity contribution in [2.45, 2.75) is 44.4 Å². The van der Waals surface area contributed by atoms with E-state index in [2.05, 4.69) is 67.3 Å². The normalized spacial score (nSPS) is 15.2. The van der Waals surface area contributed by atoms with E-state index in [0.717, 1.165) is 55.3 Å². The molecule has 2 aromatic heterocycles. The predicted octanol–water partition coefficient (Wildman–Crippen LogP) is 5.44. The summed E-state index contributed by atoms with van der Waals surface area (Å²) in [6, 6.07) is 12.6. The van der Waals surface area contributed by atoms with Crippen LogP contribution in [0.2, 0.25) is 0 Å². The number of aromatic amines is 1. The Hall–Kier alpha value is -2.14. The van der Waals surface area contributed by atoms with Crippen LogP contribution >= 0.6 is 15.9 Å². The van der Waals surface area contributed by atoms with Crippen LogP contribution in [0.15, 0.2) is 53.3 Å². The van der Waals surface area contributed by atoms with E-state index in [0.29, 0.717) is 18.2 Å². The van der Waals surface area contributed by atoms with Gasteiger partial charge in [-0.05, 0) is 73.4 Å². The van der Waals surface area contributed by atoms with Crippen LogP contribution in [-0.4, -0.2) is 33.9 Å². The number of H-pyrrole nitrogens is 1. The van der Waals surface area contributed by atoms with E-state index in [1.54, 1.807) is 0 Å². The van der Waals surface area contributed by atoms with Crippen LogP contribution in [-0.2, 0) is 11.2 Å². The molecule has 0 unspecified atom stereocenters. The molecule has 4 nitrogen and oxygen atoms in total. The summed E-state index contributed by atoms with van der Waals surface area (Å²) in [5, 5.41) is 1.22. The number of fused-ring (bicyclic) bond motifs is 1. The number of hydrogen-bond donors (Lipinski definition) is 1. The molecule has 0 spiro atoms. The molecule has 1 amide bonds. The first kappa shape index (κ1) is 19.2. The van der Waals surface area contributed by atoms with E-state index in [1.807, 2.05) is 12.3 Å². The molecule has 5 heteroatoms. The Kier molecular flexibility index (Phi) is 6.10. The number of likely N-dealkylation sites (tertiary alicyclic amines) is 1. The van der Waals surface area contributed by atoms with Gasteiger partial charge in [0.05, 0.1) is 0 Å². The molecule has 28 heavy (non-hydrogen) atoms. The SMILES string of the molecule is O=C(CCCCc1ccc(Br)cc1)N1CCC(c2c[nH]c3ncccc23)CC1. The number of aryl methyl sites for hydroxylation is 1. The number of unbranched alkanes of at least 4 members (excludes halogenated alkanes) is 1. The van der Waals surface area contributed by atoms with Gasteiger partial charge in [0.1, 0.15) is 5.65 Å². The number of halogens is 1. The van der Waals surface area contributed by atoms with Gasteiger partial charge in [0.25, 0.3) is 0 Å². The van der Waals surface area contributed by atoms with Crippen molar-refractivity contribution in [2.75, 3.05) is 13.1 Å². The third-order valence-corrected chi connectivity index (χ3v) is 6.32. The highest BCUT2D eigenvalue weighted by molar-refractivity contribution is 9.10. The van der Waals surface area contributed by atoms with Crippen molar-refractivity contribution in [1.29, 1.82) is 0 Å². The molecule has 1 aliphatic rings. The Labute approximate surface area is 174 Å². The zero-order valence-corrected chi connectivity index (χ0v) is 17.6. The predicted molar refractivity (Wildman–Crippen MR) is 116 cm³/mol. The highest BCUT2D eigenvalue weighted by atomic mass is 79.9. The number of aromatic nitrogens is 2. The van der Waals surface area contributed by atoms with E-state index in [-0.39, 0.29) is 0 Å². The summed E-state index contributed by atoms with van der Waals surface area (Å²) in [5.74, 6) is 0.828. The van der Waals surface area contributed by atoms with Gasteiger partial charge < -0.3 is 9.88 Å². The van der Waals surface area contributed by atoms with Crippen LogP contribution in [0.3, 0.4) is 0 Å². The van der Waals surface area contributed by atoms with Gasteiger partial charge >= 0.3 is 0 Å². The first-order valence-electron chi connectivity index (χ1n) is 10.1. The Balaban J connectivity index is 1.22.